The molecule has 2 heterocycles. The number of anilines is 1. The van der Waals surface area contributed by atoms with Crippen LogP contribution in [0.2, 0.25) is 0 Å². The average Bonchev–Trinajstić information content (AvgIpc) is 2.84. The fourth-order valence-corrected chi connectivity index (χ4v) is 2.59. The minimum Gasteiger partial charge on any atom is -0.378 e. The third-order valence-corrected chi connectivity index (χ3v) is 3.83. The smallest absolute Gasteiger partial charge is 0.245 e. The van der Waals surface area contributed by atoms with Crippen LogP contribution in [0.15, 0.2) is 24.3 Å². The molecule has 1 unspecified atom stereocenters. The van der Waals surface area contributed by atoms with Gasteiger partial charge in [-0.1, -0.05) is 12.1 Å². The SMILES string of the molecule is CC(Nc1nc2ccccc2n1C)C(=O)N1CCOCC1. The molecule has 0 bridgehead atoms. The Morgan fingerprint density at radius 1 is 1.33 bits per heavy atom. The number of carbonyl (C=O) groups is 1. The van der Waals surface area contributed by atoms with Gasteiger partial charge in [-0.2, -0.15) is 0 Å². The van der Waals surface area contributed by atoms with Crippen molar-refractivity contribution in [2.75, 3.05) is 31.6 Å². The van der Waals surface area contributed by atoms with E-state index in [1.807, 2.05) is 47.7 Å². The molecular formula is C15H20N4O2. The summed E-state index contributed by atoms with van der Waals surface area (Å²) in [5, 5.41) is 3.22. The summed E-state index contributed by atoms with van der Waals surface area (Å²) in [6.45, 7) is 4.42. The van der Waals surface area contributed by atoms with Crippen LogP contribution in [0.4, 0.5) is 5.95 Å². The Labute approximate surface area is 123 Å². The van der Waals surface area contributed by atoms with Crippen molar-refractivity contribution in [3.05, 3.63) is 24.3 Å². The number of aromatic nitrogens is 2. The Kier molecular flexibility index (Phi) is 3.79. The van der Waals surface area contributed by atoms with Gasteiger partial charge in [-0.05, 0) is 19.1 Å². The summed E-state index contributed by atoms with van der Waals surface area (Å²) < 4.78 is 7.25. The molecule has 1 fully saturated rings. The summed E-state index contributed by atoms with van der Waals surface area (Å²) in [6.07, 6.45) is 0. The van der Waals surface area contributed by atoms with Crippen molar-refractivity contribution in [2.24, 2.45) is 7.05 Å². The van der Waals surface area contributed by atoms with Gasteiger partial charge in [-0.15, -0.1) is 0 Å². The Morgan fingerprint density at radius 2 is 2.05 bits per heavy atom. The van der Waals surface area contributed by atoms with E-state index in [1.54, 1.807) is 0 Å². The molecule has 3 rings (SSSR count). The molecule has 1 atom stereocenters. The van der Waals surface area contributed by atoms with Crippen LogP contribution in [0.25, 0.3) is 11.0 Å². The van der Waals surface area contributed by atoms with Crippen molar-refractivity contribution >= 4 is 22.9 Å². The first-order valence-corrected chi connectivity index (χ1v) is 7.21. The zero-order valence-corrected chi connectivity index (χ0v) is 12.4. The lowest BCUT2D eigenvalue weighted by atomic mass is 10.2. The highest BCUT2D eigenvalue weighted by molar-refractivity contribution is 5.85. The third kappa shape index (κ3) is 2.71. The van der Waals surface area contributed by atoms with Gasteiger partial charge in [0.25, 0.3) is 0 Å². The van der Waals surface area contributed by atoms with Gasteiger partial charge in [-0.3, -0.25) is 4.79 Å². The van der Waals surface area contributed by atoms with Gasteiger partial charge in [0.1, 0.15) is 6.04 Å². The molecule has 112 valence electrons. The highest BCUT2D eigenvalue weighted by atomic mass is 16.5. The van der Waals surface area contributed by atoms with Crippen molar-refractivity contribution in [1.29, 1.82) is 0 Å². The third-order valence-electron chi connectivity index (χ3n) is 3.83. The van der Waals surface area contributed by atoms with Gasteiger partial charge >= 0.3 is 0 Å². The van der Waals surface area contributed by atoms with Crippen molar-refractivity contribution in [3.63, 3.8) is 0 Å². The zero-order valence-electron chi connectivity index (χ0n) is 12.4. The van der Waals surface area contributed by atoms with Gasteiger partial charge in [0.2, 0.25) is 11.9 Å². The van der Waals surface area contributed by atoms with E-state index in [1.165, 1.54) is 0 Å². The summed E-state index contributed by atoms with van der Waals surface area (Å²) in [5.41, 5.74) is 1.97. The number of aryl methyl sites for hydroxylation is 1. The lowest BCUT2D eigenvalue weighted by Crippen LogP contribution is -2.47. The molecule has 1 aliphatic rings. The lowest BCUT2D eigenvalue weighted by Gasteiger charge is -2.29. The van der Waals surface area contributed by atoms with Gasteiger partial charge in [0, 0.05) is 20.1 Å². The molecule has 0 aliphatic carbocycles. The molecule has 1 aromatic carbocycles. The Balaban J connectivity index is 1.75. The first-order chi connectivity index (χ1) is 10.2. The van der Waals surface area contributed by atoms with Crippen molar-refractivity contribution < 1.29 is 9.53 Å². The van der Waals surface area contributed by atoms with E-state index in [0.29, 0.717) is 32.3 Å². The first-order valence-electron chi connectivity index (χ1n) is 7.21. The molecule has 1 aromatic heterocycles. The van der Waals surface area contributed by atoms with E-state index >= 15 is 0 Å². The maximum atomic E-state index is 12.4. The number of hydrogen-bond acceptors (Lipinski definition) is 4. The van der Waals surface area contributed by atoms with Crippen LogP contribution in [0.3, 0.4) is 0 Å². The molecule has 21 heavy (non-hydrogen) atoms. The van der Waals surface area contributed by atoms with Crippen LogP contribution in [-0.2, 0) is 16.6 Å². The second kappa shape index (κ2) is 5.73. The maximum absolute atomic E-state index is 12.4. The summed E-state index contributed by atoms with van der Waals surface area (Å²) in [4.78, 5) is 18.8. The van der Waals surface area contributed by atoms with E-state index in [-0.39, 0.29) is 11.9 Å². The number of fused-ring (bicyclic) bond motifs is 1. The average molecular weight is 288 g/mol. The van der Waals surface area contributed by atoms with Crippen LogP contribution in [0.5, 0.6) is 0 Å². The lowest BCUT2D eigenvalue weighted by molar-refractivity contribution is -0.135. The minimum absolute atomic E-state index is 0.0883. The Bertz CT molecular complexity index is 646. The molecule has 0 spiro atoms. The second-order valence-electron chi connectivity index (χ2n) is 5.29. The molecule has 1 N–H and O–H groups in total. The number of para-hydroxylation sites is 2. The number of rotatable bonds is 3. The number of nitrogens with zero attached hydrogens (tertiary/aromatic N) is 3. The second-order valence-corrected chi connectivity index (χ2v) is 5.29. The van der Waals surface area contributed by atoms with Gasteiger partial charge in [0.15, 0.2) is 0 Å². The molecule has 0 saturated carbocycles. The summed E-state index contributed by atoms with van der Waals surface area (Å²) >= 11 is 0. The zero-order chi connectivity index (χ0) is 14.8. The van der Waals surface area contributed by atoms with E-state index in [0.717, 1.165) is 11.0 Å². The van der Waals surface area contributed by atoms with Crippen LogP contribution in [0, 0.1) is 0 Å². The monoisotopic (exact) mass is 288 g/mol. The first kappa shape index (κ1) is 13.9. The molecule has 2 aromatic rings. The molecular weight excluding hydrogens is 268 g/mol. The number of amides is 1. The van der Waals surface area contributed by atoms with Crippen molar-refractivity contribution in [1.82, 2.24) is 14.5 Å². The Hall–Kier alpha value is -2.08. The topological polar surface area (TPSA) is 59.4 Å². The molecule has 1 aliphatic heterocycles. The molecule has 0 radical (unpaired) electrons. The van der Waals surface area contributed by atoms with E-state index in [2.05, 4.69) is 10.3 Å². The van der Waals surface area contributed by atoms with E-state index in [9.17, 15) is 4.79 Å². The fraction of sp³-hybridized carbons (Fsp3) is 0.467. The summed E-state index contributed by atoms with van der Waals surface area (Å²) in [5.74, 6) is 0.802. The van der Waals surface area contributed by atoms with Crippen molar-refractivity contribution in [2.45, 2.75) is 13.0 Å². The number of hydrogen-bond donors (Lipinski definition) is 1. The predicted molar refractivity (Wildman–Crippen MR) is 81.2 cm³/mol. The standard InChI is InChI=1S/C15H20N4O2/c1-11(14(20)19-7-9-21-10-8-19)16-15-17-12-5-3-4-6-13(12)18(15)2/h3-6,11H,7-10H2,1-2H3,(H,16,17). The number of carbonyl (C=O) groups excluding carboxylic acids is 1. The van der Waals surface area contributed by atoms with E-state index in [4.69, 9.17) is 4.74 Å². The molecule has 6 nitrogen and oxygen atoms in total. The van der Waals surface area contributed by atoms with Crippen LogP contribution in [-0.4, -0.2) is 52.7 Å². The van der Waals surface area contributed by atoms with Crippen LogP contribution < -0.4 is 5.32 Å². The number of ether oxygens (including phenoxy) is 1. The highest BCUT2D eigenvalue weighted by Gasteiger charge is 2.23. The minimum atomic E-state index is -0.307. The van der Waals surface area contributed by atoms with Gasteiger partial charge in [0.05, 0.1) is 24.2 Å². The van der Waals surface area contributed by atoms with Crippen molar-refractivity contribution in [3.8, 4) is 0 Å². The van der Waals surface area contributed by atoms with Gasteiger partial charge < -0.3 is 19.5 Å². The molecule has 1 saturated heterocycles. The van der Waals surface area contributed by atoms with Crippen LogP contribution >= 0.6 is 0 Å². The van der Waals surface area contributed by atoms with E-state index < -0.39 is 0 Å². The Morgan fingerprint density at radius 3 is 2.76 bits per heavy atom. The molecule has 1 amide bonds. The largest absolute Gasteiger partial charge is 0.378 e. The fourth-order valence-electron chi connectivity index (χ4n) is 2.59. The normalized spacial score (nSPS) is 17.0. The predicted octanol–water partition coefficient (Wildman–Crippen LogP) is 1.23. The van der Waals surface area contributed by atoms with Crippen LogP contribution in [0.1, 0.15) is 6.92 Å². The number of imidazole rings is 1. The number of morpholine rings is 1. The van der Waals surface area contributed by atoms with Gasteiger partial charge in [-0.25, -0.2) is 4.98 Å². The quantitative estimate of drug-likeness (QED) is 0.923. The number of nitrogens with one attached hydrogen (secondary N) is 1. The summed E-state index contributed by atoms with van der Waals surface area (Å²) in [7, 11) is 1.95. The molecule has 6 heteroatoms. The maximum Gasteiger partial charge on any atom is 0.245 e. The highest BCUT2D eigenvalue weighted by Crippen LogP contribution is 2.18. The summed E-state index contributed by atoms with van der Waals surface area (Å²) in [6, 6.07) is 7.62. The number of benzene rings is 1.